The van der Waals surface area contributed by atoms with Crippen molar-refractivity contribution in [3.05, 3.63) is 16.8 Å². The molecule has 3 N–H and O–H groups in total. The molecule has 0 radical (unpaired) electrons. The molecule has 1 rings (SSSR count). The van der Waals surface area contributed by atoms with Crippen LogP contribution in [0.4, 0.5) is 5.69 Å². The van der Waals surface area contributed by atoms with Gasteiger partial charge in [0.2, 0.25) is 5.91 Å². The molecule has 0 fully saturated rings. The minimum atomic E-state index is -0.384. The quantitative estimate of drug-likeness (QED) is 0.775. The lowest BCUT2D eigenvalue weighted by Gasteiger charge is -2.09. The topological polar surface area (TPSA) is 55.1 Å². The summed E-state index contributed by atoms with van der Waals surface area (Å²) in [6, 6.07) is 1.48. The van der Waals surface area contributed by atoms with E-state index in [-0.39, 0.29) is 11.9 Å². The summed E-state index contributed by atoms with van der Waals surface area (Å²) in [6.45, 7) is 2.01. The molecule has 1 aromatic heterocycles. The fourth-order valence-corrected chi connectivity index (χ4v) is 1.60. The molecule has 0 aliphatic carbocycles. The molecule has 0 aliphatic heterocycles. The Morgan fingerprint density at radius 2 is 2.54 bits per heavy atom. The molecule has 1 heterocycles. The molecule has 0 saturated carbocycles. The average molecular weight is 198 g/mol. The van der Waals surface area contributed by atoms with Gasteiger partial charge in [-0.05, 0) is 17.9 Å². The summed E-state index contributed by atoms with van der Waals surface area (Å²) >= 11 is 1.55. The van der Waals surface area contributed by atoms with E-state index in [1.54, 1.807) is 11.3 Å². The first-order chi connectivity index (χ1) is 6.24. The fourth-order valence-electron chi connectivity index (χ4n) is 1.01. The number of anilines is 1. The molecule has 4 heteroatoms. The second-order valence-corrected chi connectivity index (χ2v) is 3.68. The van der Waals surface area contributed by atoms with Crippen molar-refractivity contribution in [1.29, 1.82) is 0 Å². The Hall–Kier alpha value is -0.870. The third-order valence-corrected chi connectivity index (χ3v) is 2.41. The number of amides is 1. The second kappa shape index (κ2) is 4.99. The SMILES string of the molecule is CCC[C@@H](N)C(=O)Nc1ccsc1. The molecule has 0 aromatic carbocycles. The van der Waals surface area contributed by atoms with Crippen LogP contribution in [0, 0.1) is 0 Å². The summed E-state index contributed by atoms with van der Waals surface area (Å²) in [5, 5.41) is 6.56. The molecule has 0 aliphatic rings. The van der Waals surface area contributed by atoms with Gasteiger partial charge in [-0.25, -0.2) is 0 Å². The predicted octanol–water partition coefficient (Wildman–Crippen LogP) is 1.81. The van der Waals surface area contributed by atoms with Gasteiger partial charge in [0, 0.05) is 5.38 Å². The van der Waals surface area contributed by atoms with Gasteiger partial charge in [-0.3, -0.25) is 4.79 Å². The molecule has 13 heavy (non-hydrogen) atoms. The summed E-state index contributed by atoms with van der Waals surface area (Å²) in [6.07, 6.45) is 1.66. The van der Waals surface area contributed by atoms with Crippen LogP contribution in [0.3, 0.4) is 0 Å². The summed E-state index contributed by atoms with van der Waals surface area (Å²) in [5.74, 6) is -0.0970. The Balaban J connectivity index is 2.41. The van der Waals surface area contributed by atoms with Crippen LogP contribution in [-0.4, -0.2) is 11.9 Å². The lowest BCUT2D eigenvalue weighted by molar-refractivity contribution is -0.117. The molecular formula is C9H14N2OS. The first kappa shape index (κ1) is 10.2. The standard InChI is InChI=1S/C9H14N2OS/c1-2-3-8(10)9(12)11-7-4-5-13-6-7/h4-6,8H,2-3,10H2,1H3,(H,11,12)/t8-/m1/s1. The van der Waals surface area contributed by atoms with Crippen LogP contribution in [0.5, 0.6) is 0 Å². The van der Waals surface area contributed by atoms with E-state index in [9.17, 15) is 4.79 Å². The lowest BCUT2D eigenvalue weighted by Crippen LogP contribution is -2.35. The molecule has 0 saturated heterocycles. The van der Waals surface area contributed by atoms with Gasteiger partial charge in [-0.2, -0.15) is 11.3 Å². The highest BCUT2D eigenvalue weighted by Crippen LogP contribution is 2.12. The van der Waals surface area contributed by atoms with Crippen molar-refractivity contribution >= 4 is 22.9 Å². The van der Waals surface area contributed by atoms with Gasteiger partial charge in [-0.15, -0.1) is 0 Å². The van der Waals surface area contributed by atoms with Crippen molar-refractivity contribution in [2.24, 2.45) is 5.73 Å². The molecule has 0 bridgehead atoms. The van der Waals surface area contributed by atoms with Gasteiger partial charge in [0.05, 0.1) is 11.7 Å². The number of carbonyl (C=O) groups is 1. The van der Waals surface area contributed by atoms with E-state index >= 15 is 0 Å². The predicted molar refractivity (Wildman–Crippen MR) is 55.8 cm³/mol. The number of hydrogen-bond acceptors (Lipinski definition) is 3. The van der Waals surface area contributed by atoms with Gasteiger partial charge in [0.1, 0.15) is 0 Å². The lowest BCUT2D eigenvalue weighted by atomic mass is 10.2. The van der Waals surface area contributed by atoms with E-state index in [2.05, 4.69) is 5.32 Å². The van der Waals surface area contributed by atoms with E-state index in [4.69, 9.17) is 5.73 Å². The highest BCUT2D eigenvalue weighted by Gasteiger charge is 2.11. The largest absolute Gasteiger partial charge is 0.324 e. The minimum absolute atomic E-state index is 0.0970. The zero-order chi connectivity index (χ0) is 9.68. The average Bonchev–Trinajstić information content (AvgIpc) is 2.57. The number of rotatable bonds is 4. The maximum absolute atomic E-state index is 11.4. The van der Waals surface area contributed by atoms with Crippen molar-refractivity contribution in [1.82, 2.24) is 0 Å². The number of nitrogens with one attached hydrogen (secondary N) is 1. The van der Waals surface area contributed by atoms with Crippen LogP contribution in [0.2, 0.25) is 0 Å². The molecule has 1 amide bonds. The monoisotopic (exact) mass is 198 g/mol. The third-order valence-electron chi connectivity index (χ3n) is 1.73. The normalized spacial score (nSPS) is 12.5. The van der Waals surface area contributed by atoms with E-state index in [1.807, 2.05) is 23.8 Å². The van der Waals surface area contributed by atoms with Crippen LogP contribution in [-0.2, 0) is 4.79 Å². The Labute approximate surface area is 81.9 Å². The van der Waals surface area contributed by atoms with Crippen molar-refractivity contribution < 1.29 is 4.79 Å². The molecule has 0 spiro atoms. The highest BCUT2D eigenvalue weighted by atomic mass is 32.1. The minimum Gasteiger partial charge on any atom is -0.324 e. The molecule has 3 nitrogen and oxygen atoms in total. The van der Waals surface area contributed by atoms with Crippen molar-refractivity contribution in [3.8, 4) is 0 Å². The van der Waals surface area contributed by atoms with Gasteiger partial charge < -0.3 is 11.1 Å². The van der Waals surface area contributed by atoms with E-state index in [1.165, 1.54) is 0 Å². The van der Waals surface area contributed by atoms with Gasteiger partial charge in [0.15, 0.2) is 0 Å². The molecule has 1 aromatic rings. The first-order valence-corrected chi connectivity index (χ1v) is 5.27. The van der Waals surface area contributed by atoms with Gasteiger partial charge in [0.25, 0.3) is 0 Å². The van der Waals surface area contributed by atoms with Crippen LogP contribution in [0.15, 0.2) is 16.8 Å². The highest BCUT2D eigenvalue weighted by molar-refractivity contribution is 7.08. The van der Waals surface area contributed by atoms with Crippen LogP contribution < -0.4 is 11.1 Å². The van der Waals surface area contributed by atoms with Crippen molar-refractivity contribution in [3.63, 3.8) is 0 Å². The molecule has 1 atom stereocenters. The summed E-state index contributed by atoms with van der Waals surface area (Å²) in [5.41, 5.74) is 6.47. The number of nitrogens with two attached hydrogens (primary N) is 1. The van der Waals surface area contributed by atoms with Crippen LogP contribution in [0.1, 0.15) is 19.8 Å². The molecule has 72 valence electrons. The maximum atomic E-state index is 11.4. The number of hydrogen-bond donors (Lipinski definition) is 2. The smallest absolute Gasteiger partial charge is 0.241 e. The van der Waals surface area contributed by atoms with E-state index in [0.717, 1.165) is 18.5 Å². The van der Waals surface area contributed by atoms with E-state index < -0.39 is 0 Å². The van der Waals surface area contributed by atoms with Gasteiger partial charge >= 0.3 is 0 Å². The summed E-state index contributed by atoms with van der Waals surface area (Å²) in [7, 11) is 0. The Kier molecular flexibility index (Phi) is 3.92. The third kappa shape index (κ3) is 3.16. The second-order valence-electron chi connectivity index (χ2n) is 2.90. The fraction of sp³-hybridized carbons (Fsp3) is 0.444. The zero-order valence-electron chi connectivity index (χ0n) is 7.62. The Bertz CT molecular complexity index is 259. The first-order valence-electron chi connectivity index (χ1n) is 4.32. The summed E-state index contributed by atoms with van der Waals surface area (Å²) in [4.78, 5) is 11.4. The summed E-state index contributed by atoms with van der Waals surface area (Å²) < 4.78 is 0. The Morgan fingerprint density at radius 3 is 3.08 bits per heavy atom. The van der Waals surface area contributed by atoms with Crippen LogP contribution >= 0.6 is 11.3 Å². The van der Waals surface area contributed by atoms with E-state index in [0.29, 0.717) is 0 Å². The maximum Gasteiger partial charge on any atom is 0.241 e. The van der Waals surface area contributed by atoms with Crippen molar-refractivity contribution in [2.75, 3.05) is 5.32 Å². The molecular weight excluding hydrogens is 184 g/mol. The Morgan fingerprint density at radius 1 is 1.77 bits per heavy atom. The van der Waals surface area contributed by atoms with Gasteiger partial charge in [-0.1, -0.05) is 13.3 Å². The number of carbonyl (C=O) groups excluding carboxylic acids is 1. The zero-order valence-corrected chi connectivity index (χ0v) is 8.43. The molecule has 0 unspecified atom stereocenters. The van der Waals surface area contributed by atoms with Crippen LogP contribution in [0.25, 0.3) is 0 Å². The number of thiophene rings is 1. The van der Waals surface area contributed by atoms with Crippen molar-refractivity contribution in [2.45, 2.75) is 25.8 Å².